The molecule has 1 aliphatic heterocycles. The molecule has 1 aliphatic carbocycles. The molecule has 188 valence electrons. The Morgan fingerprint density at radius 1 is 1.03 bits per heavy atom. The maximum Gasteiger partial charge on any atom is 0.248 e. The molecule has 0 unspecified atom stereocenters. The number of hydrogen-bond acceptors (Lipinski definition) is 4. The highest BCUT2D eigenvalue weighted by Crippen LogP contribution is 2.44. The zero-order chi connectivity index (χ0) is 23.7. The van der Waals surface area contributed by atoms with E-state index in [4.69, 9.17) is 11.6 Å². The van der Waals surface area contributed by atoms with E-state index in [0.717, 1.165) is 12.1 Å². The van der Waals surface area contributed by atoms with Crippen molar-refractivity contribution in [2.45, 2.75) is 56.9 Å². The first-order valence-corrected chi connectivity index (χ1v) is 12.7. The topological polar surface area (TPSA) is 57.7 Å². The maximum absolute atomic E-state index is 14.2. The quantitative estimate of drug-likeness (QED) is 0.368. The summed E-state index contributed by atoms with van der Waals surface area (Å²) in [5.41, 5.74) is -1.43. The van der Waals surface area contributed by atoms with Crippen molar-refractivity contribution in [2.75, 3.05) is 31.9 Å². The van der Waals surface area contributed by atoms with Crippen molar-refractivity contribution in [1.29, 1.82) is 0 Å². The van der Waals surface area contributed by atoms with Crippen LogP contribution in [0.3, 0.4) is 0 Å². The number of piperazine rings is 1. The summed E-state index contributed by atoms with van der Waals surface area (Å²) in [7, 11) is -3.35. The number of alkyl halides is 2. The van der Waals surface area contributed by atoms with Crippen LogP contribution in [0.2, 0.25) is 5.02 Å². The Labute approximate surface area is 202 Å². The van der Waals surface area contributed by atoms with Crippen molar-refractivity contribution in [1.82, 2.24) is 9.21 Å². The van der Waals surface area contributed by atoms with Gasteiger partial charge in [-0.2, -0.15) is 4.31 Å². The van der Waals surface area contributed by atoms with Gasteiger partial charge in [-0.1, -0.05) is 11.6 Å². The Bertz CT molecular complexity index is 937. The van der Waals surface area contributed by atoms with Crippen LogP contribution >= 0.6 is 24.0 Å². The van der Waals surface area contributed by atoms with Crippen molar-refractivity contribution in [3.8, 4) is 0 Å². The zero-order valence-corrected chi connectivity index (χ0v) is 20.6. The monoisotopic (exact) mass is 534 g/mol. The summed E-state index contributed by atoms with van der Waals surface area (Å²) in [5.74, 6) is -5.67. The summed E-state index contributed by atoms with van der Waals surface area (Å²) < 4.78 is 81.8. The van der Waals surface area contributed by atoms with Gasteiger partial charge in [0.25, 0.3) is 0 Å². The fourth-order valence-corrected chi connectivity index (χ4v) is 5.98. The van der Waals surface area contributed by atoms with E-state index >= 15 is 0 Å². The van der Waals surface area contributed by atoms with Crippen LogP contribution in [0.5, 0.6) is 0 Å². The van der Waals surface area contributed by atoms with E-state index in [9.17, 15) is 30.8 Å². The first-order valence-electron chi connectivity index (χ1n) is 10.7. The standard InChI is InChI=1S/C21H27ClF4N2O3S.ClH/c1-2-32(30,31)28-11-9-27(10-12-28)20(5-7-21(25,26)8-6-20)4-3-18(29)19-16(23)13-15(22)14-17(19)24;/h13-14H,2-12H2,1H3;1H. The van der Waals surface area contributed by atoms with Gasteiger partial charge in [0.1, 0.15) is 11.6 Å². The van der Waals surface area contributed by atoms with Gasteiger partial charge in [0, 0.05) is 56.0 Å². The van der Waals surface area contributed by atoms with Gasteiger partial charge in [-0.3, -0.25) is 9.69 Å². The first-order chi connectivity index (χ1) is 14.9. The molecule has 0 aromatic heterocycles. The van der Waals surface area contributed by atoms with Gasteiger partial charge in [-0.15, -0.1) is 12.4 Å². The summed E-state index contributed by atoms with van der Waals surface area (Å²) >= 11 is 5.61. The number of nitrogens with zero attached hydrogens (tertiary/aromatic N) is 2. The van der Waals surface area contributed by atoms with Gasteiger partial charge in [-0.05, 0) is 38.3 Å². The van der Waals surface area contributed by atoms with Gasteiger partial charge in [-0.25, -0.2) is 26.0 Å². The Hall–Kier alpha value is -0.940. The molecule has 5 nitrogen and oxygen atoms in total. The lowest BCUT2D eigenvalue weighted by Gasteiger charge is -2.51. The average Bonchev–Trinajstić information content (AvgIpc) is 2.73. The lowest BCUT2D eigenvalue weighted by atomic mass is 9.74. The van der Waals surface area contributed by atoms with Gasteiger partial charge in [0.15, 0.2) is 5.78 Å². The third-order valence-corrected chi connectivity index (χ3v) is 8.78. The lowest BCUT2D eigenvalue weighted by molar-refractivity contribution is -0.0891. The van der Waals surface area contributed by atoms with Gasteiger partial charge < -0.3 is 0 Å². The highest BCUT2D eigenvalue weighted by atomic mass is 35.5. The van der Waals surface area contributed by atoms with Crippen LogP contribution in [0.1, 0.15) is 55.8 Å². The number of Topliss-reactive ketones (excluding diaryl/α,β-unsaturated/α-hetero) is 1. The molecule has 0 radical (unpaired) electrons. The van der Waals surface area contributed by atoms with Crippen molar-refractivity contribution >= 4 is 39.8 Å². The van der Waals surface area contributed by atoms with Crippen LogP contribution in [0.4, 0.5) is 17.6 Å². The second-order valence-corrected chi connectivity index (χ2v) is 11.2. The van der Waals surface area contributed by atoms with E-state index in [0.29, 0.717) is 13.1 Å². The molecule has 33 heavy (non-hydrogen) atoms. The molecule has 0 spiro atoms. The third kappa shape index (κ3) is 6.39. The molecule has 2 aliphatic rings. The minimum Gasteiger partial charge on any atom is -0.295 e. The van der Waals surface area contributed by atoms with E-state index in [-0.39, 0.29) is 74.8 Å². The molecule has 1 saturated carbocycles. The Morgan fingerprint density at radius 2 is 1.55 bits per heavy atom. The van der Waals surface area contributed by atoms with E-state index < -0.39 is 44.5 Å². The van der Waals surface area contributed by atoms with E-state index in [1.54, 1.807) is 6.92 Å². The SMILES string of the molecule is CCS(=O)(=O)N1CCN(C2(CCC(=O)c3c(F)cc(Cl)cc3F)CCC(F)(F)CC2)CC1.Cl. The molecule has 0 bridgehead atoms. The largest absolute Gasteiger partial charge is 0.295 e. The van der Waals surface area contributed by atoms with Crippen LogP contribution in [-0.4, -0.2) is 66.8 Å². The zero-order valence-electron chi connectivity index (χ0n) is 18.3. The number of ketones is 1. The average molecular weight is 535 g/mol. The predicted molar refractivity (Wildman–Crippen MR) is 121 cm³/mol. The number of carbonyl (C=O) groups excluding carboxylic acids is 1. The fourth-order valence-electron chi connectivity index (χ4n) is 4.71. The van der Waals surface area contributed by atoms with Crippen LogP contribution in [0.25, 0.3) is 0 Å². The molecular weight excluding hydrogens is 507 g/mol. The maximum atomic E-state index is 14.2. The van der Waals surface area contributed by atoms with Crippen LogP contribution in [-0.2, 0) is 10.0 Å². The van der Waals surface area contributed by atoms with Gasteiger partial charge in [0.2, 0.25) is 15.9 Å². The minimum absolute atomic E-state index is 0. The lowest BCUT2D eigenvalue weighted by Crippen LogP contribution is -2.60. The number of halogens is 6. The summed E-state index contributed by atoms with van der Waals surface area (Å²) in [6, 6.07) is 1.73. The molecule has 0 N–H and O–H groups in total. The van der Waals surface area contributed by atoms with Gasteiger partial charge >= 0.3 is 0 Å². The van der Waals surface area contributed by atoms with Crippen molar-refractivity contribution in [3.63, 3.8) is 0 Å². The smallest absolute Gasteiger partial charge is 0.248 e. The molecule has 3 rings (SSSR count). The van der Waals surface area contributed by atoms with Crippen molar-refractivity contribution < 1.29 is 30.8 Å². The van der Waals surface area contributed by atoms with E-state index in [1.165, 1.54) is 4.31 Å². The molecule has 2 fully saturated rings. The first kappa shape index (κ1) is 28.3. The molecule has 12 heteroatoms. The van der Waals surface area contributed by atoms with Crippen LogP contribution < -0.4 is 0 Å². The Balaban J connectivity index is 0.00000385. The minimum atomic E-state index is -3.35. The number of benzene rings is 1. The second-order valence-electron chi connectivity index (χ2n) is 8.53. The third-order valence-electron chi connectivity index (χ3n) is 6.68. The Kier molecular flexibility index (Phi) is 9.23. The highest BCUT2D eigenvalue weighted by Gasteiger charge is 2.47. The molecular formula is C21H28Cl2F4N2O3S. The van der Waals surface area contributed by atoms with Crippen LogP contribution in [0, 0.1) is 11.6 Å². The summed E-state index contributed by atoms with van der Waals surface area (Å²) in [6.07, 6.45) is -0.506. The normalized spacial score (nSPS) is 21.4. The molecule has 0 amide bonds. The summed E-state index contributed by atoms with van der Waals surface area (Å²) in [6.45, 7) is 2.74. The van der Waals surface area contributed by atoms with Crippen LogP contribution in [0.15, 0.2) is 12.1 Å². The fraction of sp³-hybridized carbons (Fsp3) is 0.667. The van der Waals surface area contributed by atoms with E-state index in [1.807, 2.05) is 4.90 Å². The molecule has 1 heterocycles. The summed E-state index contributed by atoms with van der Waals surface area (Å²) in [5, 5.41) is -0.164. The highest BCUT2D eigenvalue weighted by molar-refractivity contribution is 7.89. The molecule has 1 saturated heterocycles. The van der Waals surface area contributed by atoms with Crippen molar-refractivity contribution in [2.24, 2.45) is 0 Å². The second kappa shape index (κ2) is 10.8. The molecule has 1 aromatic rings. The number of carbonyl (C=O) groups is 1. The van der Waals surface area contributed by atoms with E-state index in [2.05, 4.69) is 0 Å². The Morgan fingerprint density at radius 3 is 2.03 bits per heavy atom. The number of sulfonamides is 1. The summed E-state index contributed by atoms with van der Waals surface area (Å²) in [4.78, 5) is 14.6. The molecule has 1 aromatic carbocycles. The number of rotatable bonds is 7. The molecule has 0 atom stereocenters. The number of hydrogen-bond donors (Lipinski definition) is 0. The van der Waals surface area contributed by atoms with Crippen molar-refractivity contribution in [3.05, 3.63) is 34.4 Å². The predicted octanol–water partition coefficient (Wildman–Crippen LogP) is 4.92. The van der Waals surface area contributed by atoms with Gasteiger partial charge in [0.05, 0.1) is 11.3 Å².